The second kappa shape index (κ2) is 9.93. The van der Waals surface area contributed by atoms with Crippen molar-refractivity contribution in [1.82, 2.24) is 9.62 Å². The Bertz CT molecular complexity index is 1220. The smallest absolute Gasteiger partial charge is 0.243 e. The number of carbonyl (C=O) groups excluding carboxylic acids is 1. The van der Waals surface area contributed by atoms with E-state index in [2.05, 4.69) is 5.32 Å². The molecule has 3 aromatic carbocycles. The van der Waals surface area contributed by atoms with Gasteiger partial charge in [-0.05, 0) is 59.9 Å². The standard InChI is InChI=1S/C26H30N2O4S/c1-3-25(20-8-11-23(32-2)12-9-20)27-26(29)21-14-16-28(17-15-21)33(30,31)24-13-10-19-6-4-5-7-22(19)18-24/h4-13,18,21,25H,3,14-17H2,1-2H3,(H,27,29)/t25-/m1/s1. The van der Waals surface area contributed by atoms with Crippen molar-refractivity contribution in [3.63, 3.8) is 0 Å². The Morgan fingerprint density at radius 2 is 1.70 bits per heavy atom. The van der Waals surface area contributed by atoms with Gasteiger partial charge < -0.3 is 10.1 Å². The van der Waals surface area contributed by atoms with Gasteiger partial charge in [-0.25, -0.2) is 8.42 Å². The summed E-state index contributed by atoms with van der Waals surface area (Å²) in [6, 6.07) is 20.6. The van der Waals surface area contributed by atoms with Gasteiger partial charge in [0.1, 0.15) is 5.75 Å². The molecule has 1 fully saturated rings. The summed E-state index contributed by atoms with van der Waals surface area (Å²) in [4.78, 5) is 13.2. The summed E-state index contributed by atoms with van der Waals surface area (Å²) in [5.41, 5.74) is 1.03. The minimum Gasteiger partial charge on any atom is -0.497 e. The molecule has 0 unspecified atom stereocenters. The average molecular weight is 467 g/mol. The molecule has 1 heterocycles. The Balaban J connectivity index is 1.39. The second-order valence-corrected chi connectivity index (χ2v) is 10.4. The number of carbonyl (C=O) groups is 1. The van der Waals surface area contributed by atoms with Gasteiger partial charge in [-0.15, -0.1) is 0 Å². The van der Waals surface area contributed by atoms with Crippen molar-refractivity contribution in [2.24, 2.45) is 5.92 Å². The van der Waals surface area contributed by atoms with E-state index in [1.54, 1.807) is 19.2 Å². The SMILES string of the molecule is CC[C@@H](NC(=O)C1CCN(S(=O)(=O)c2ccc3ccccc3c2)CC1)c1ccc(OC)cc1. The lowest BCUT2D eigenvalue weighted by molar-refractivity contribution is -0.126. The fourth-order valence-corrected chi connectivity index (χ4v) is 5.89. The molecule has 0 bridgehead atoms. The Labute approximate surface area is 195 Å². The van der Waals surface area contributed by atoms with E-state index in [4.69, 9.17) is 4.74 Å². The van der Waals surface area contributed by atoms with Crippen LogP contribution in [0.2, 0.25) is 0 Å². The molecular weight excluding hydrogens is 436 g/mol. The highest BCUT2D eigenvalue weighted by Gasteiger charge is 2.32. The van der Waals surface area contributed by atoms with Gasteiger partial charge in [-0.2, -0.15) is 4.31 Å². The summed E-state index contributed by atoms with van der Waals surface area (Å²) in [5, 5.41) is 5.06. The first kappa shape index (κ1) is 23.3. The molecule has 174 valence electrons. The topological polar surface area (TPSA) is 75.7 Å². The third-order valence-electron chi connectivity index (χ3n) is 6.43. The predicted octanol–water partition coefficient (Wildman–Crippen LogP) is 4.52. The van der Waals surface area contributed by atoms with Gasteiger partial charge in [0.2, 0.25) is 15.9 Å². The molecule has 1 aliphatic heterocycles. The van der Waals surface area contributed by atoms with E-state index >= 15 is 0 Å². The maximum absolute atomic E-state index is 13.2. The van der Waals surface area contributed by atoms with E-state index in [0.29, 0.717) is 30.8 Å². The zero-order valence-electron chi connectivity index (χ0n) is 19.0. The van der Waals surface area contributed by atoms with E-state index < -0.39 is 10.0 Å². The molecular formula is C26H30N2O4S. The van der Waals surface area contributed by atoms with Crippen molar-refractivity contribution in [1.29, 1.82) is 0 Å². The van der Waals surface area contributed by atoms with Crippen molar-refractivity contribution >= 4 is 26.7 Å². The largest absolute Gasteiger partial charge is 0.497 e. The monoisotopic (exact) mass is 466 g/mol. The quantitative estimate of drug-likeness (QED) is 0.556. The van der Waals surface area contributed by atoms with Crippen molar-refractivity contribution in [2.45, 2.75) is 37.1 Å². The number of amides is 1. The first-order valence-electron chi connectivity index (χ1n) is 11.4. The molecule has 0 spiro atoms. The van der Waals surface area contributed by atoms with Crippen LogP contribution in [0.15, 0.2) is 71.6 Å². The number of ether oxygens (including phenoxy) is 1. The van der Waals surface area contributed by atoms with Gasteiger partial charge in [0.05, 0.1) is 18.0 Å². The molecule has 1 saturated heterocycles. The van der Waals surface area contributed by atoms with Crippen LogP contribution in [0.1, 0.15) is 37.8 Å². The van der Waals surface area contributed by atoms with Crippen LogP contribution in [0.3, 0.4) is 0 Å². The van der Waals surface area contributed by atoms with Crippen LogP contribution in [0, 0.1) is 5.92 Å². The number of nitrogens with zero attached hydrogens (tertiary/aromatic N) is 1. The summed E-state index contributed by atoms with van der Waals surface area (Å²) in [6.45, 7) is 2.72. The van der Waals surface area contributed by atoms with E-state index in [1.165, 1.54) is 4.31 Å². The van der Waals surface area contributed by atoms with E-state index in [-0.39, 0.29) is 17.9 Å². The van der Waals surface area contributed by atoms with Crippen LogP contribution in [-0.2, 0) is 14.8 Å². The molecule has 6 nitrogen and oxygen atoms in total. The van der Waals surface area contributed by atoms with Gasteiger partial charge >= 0.3 is 0 Å². The van der Waals surface area contributed by atoms with Crippen molar-refractivity contribution in [2.75, 3.05) is 20.2 Å². The Morgan fingerprint density at radius 1 is 1.03 bits per heavy atom. The fraction of sp³-hybridized carbons (Fsp3) is 0.346. The van der Waals surface area contributed by atoms with Crippen molar-refractivity contribution < 1.29 is 17.9 Å². The normalized spacial score (nSPS) is 16.4. The summed E-state index contributed by atoms with van der Waals surface area (Å²) < 4.78 is 33.1. The molecule has 1 aliphatic rings. The number of rotatable bonds is 7. The second-order valence-electron chi connectivity index (χ2n) is 8.43. The molecule has 33 heavy (non-hydrogen) atoms. The number of fused-ring (bicyclic) bond motifs is 1. The lowest BCUT2D eigenvalue weighted by Gasteiger charge is -2.31. The molecule has 0 aliphatic carbocycles. The average Bonchev–Trinajstić information content (AvgIpc) is 2.87. The van der Waals surface area contributed by atoms with E-state index in [1.807, 2.05) is 61.5 Å². The molecule has 1 amide bonds. The third kappa shape index (κ3) is 5.04. The fourth-order valence-electron chi connectivity index (χ4n) is 4.38. The Morgan fingerprint density at radius 3 is 2.33 bits per heavy atom. The minimum atomic E-state index is -3.59. The summed E-state index contributed by atoms with van der Waals surface area (Å²) in [5.74, 6) is 0.570. The van der Waals surface area contributed by atoms with Gasteiger partial charge in [-0.1, -0.05) is 49.4 Å². The Kier molecular flexibility index (Phi) is 7.00. The van der Waals surface area contributed by atoms with E-state index in [0.717, 1.165) is 28.5 Å². The first-order valence-corrected chi connectivity index (χ1v) is 12.8. The molecule has 0 aromatic heterocycles. The predicted molar refractivity (Wildman–Crippen MR) is 130 cm³/mol. The number of piperidine rings is 1. The number of methoxy groups -OCH3 is 1. The number of hydrogen-bond donors (Lipinski definition) is 1. The zero-order chi connectivity index (χ0) is 23.4. The zero-order valence-corrected chi connectivity index (χ0v) is 19.8. The van der Waals surface area contributed by atoms with Crippen LogP contribution in [-0.4, -0.2) is 38.8 Å². The molecule has 1 N–H and O–H groups in total. The van der Waals surface area contributed by atoms with Crippen LogP contribution in [0.25, 0.3) is 10.8 Å². The summed E-state index contributed by atoms with van der Waals surface area (Å²) in [7, 11) is -1.96. The molecule has 0 radical (unpaired) electrons. The van der Waals surface area contributed by atoms with Crippen LogP contribution < -0.4 is 10.1 Å². The summed E-state index contributed by atoms with van der Waals surface area (Å²) >= 11 is 0. The van der Waals surface area contributed by atoms with Gasteiger partial charge in [0, 0.05) is 19.0 Å². The van der Waals surface area contributed by atoms with Crippen molar-refractivity contribution in [3.8, 4) is 5.75 Å². The Hall–Kier alpha value is -2.90. The number of benzene rings is 3. The maximum atomic E-state index is 13.2. The highest BCUT2D eigenvalue weighted by molar-refractivity contribution is 7.89. The first-order chi connectivity index (χ1) is 15.9. The summed E-state index contributed by atoms with van der Waals surface area (Å²) in [6.07, 6.45) is 1.79. The minimum absolute atomic E-state index is 0.0135. The van der Waals surface area contributed by atoms with Crippen molar-refractivity contribution in [3.05, 3.63) is 72.3 Å². The van der Waals surface area contributed by atoms with Gasteiger partial charge in [-0.3, -0.25) is 4.79 Å². The highest BCUT2D eigenvalue weighted by atomic mass is 32.2. The lowest BCUT2D eigenvalue weighted by atomic mass is 9.95. The molecule has 7 heteroatoms. The van der Waals surface area contributed by atoms with E-state index in [9.17, 15) is 13.2 Å². The number of nitrogens with one attached hydrogen (secondary N) is 1. The molecule has 0 saturated carbocycles. The molecule has 4 rings (SSSR count). The molecule has 1 atom stereocenters. The highest BCUT2D eigenvalue weighted by Crippen LogP contribution is 2.27. The van der Waals surface area contributed by atoms with Crippen LogP contribution in [0.4, 0.5) is 0 Å². The molecule has 3 aromatic rings. The number of sulfonamides is 1. The van der Waals surface area contributed by atoms with Gasteiger partial charge in [0.25, 0.3) is 0 Å². The number of hydrogen-bond acceptors (Lipinski definition) is 4. The maximum Gasteiger partial charge on any atom is 0.243 e. The lowest BCUT2D eigenvalue weighted by Crippen LogP contribution is -2.43. The van der Waals surface area contributed by atoms with Gasteiger partial charge in [0.15, 0.2) is 0 Å². The third-order valence-corrected chi connectivity index (χ3v) is 8.32. The van der Waals surface area contributed by atoms with Crippen LogP contribution in [0.5, 0.6) is 5.75 Å². The van der Waals surface area contributed by atoms with Crippen LogP contribution >= 0.6 is 0 Å².